The number of nitrogens with zero attached hydrogens (tertiary/aromatic N) is 1. The van der Waals surface area contributed by atoms with Crippen molar-refractivity contribution in [2.24, 2.45) is 11.8 Å². The summed E-state index contributed by atoms with van der Waals surface area (Å²) in [5, 5.41) is 3.09. The van der Waals surface area contributed by atoms with Gasteiger partial charge in [-0.15, -0.1) is 0 Å². The molecular formula is C22H34N2O3. The average Bonchev–Trinajstić information content (AvgIpc) is 2.63. The molecule has 0 spiro atoms. The van der Waals surface area contributed by atoms with E-state index in [9.17, 15) is 9.59 Å². The van der Waals surface area contributed by atoms with E-state index in [2.05, 4.69) is 44.0 Å². The quantitative estimate of drug-likeness (QED) is 0.777. The zero-order valence-electron chi connectivity index (χ0n) is 17.5. The number of carbonyl (C=O) groups is 2. The Kier molecular flexibility index (Phi) is 7.04. The predicted molar refractivity (Wildman–Crippen MR) is 108 cm³/mol. The first-order valence-corrected chi connectivity index (χ1v) is 9.85. The van der Waals surface area contributed by atoms with E-state index in [0.29, 0.717) is 17.4 Å². The SMILES string of the molecule is COC(=O)c1cccc([C@]2(C)CCN(C[C@@H](NC(C)=O)C(C)C)C[C@@H]2C)c1. The fourth-order valence-corrected chi connectivity index (χ4v) is 3.99. The lowest BCUT2D eigenvalue weighted by atomic mass is 9.67. The fraction of sp³-hybridized carbons (Fsp3) is 0.636. The average molecular weight is 375 g/mol. The number of piperidine rings is 1. The topological polar surface area (TPSA) is 58.6 Å². The molecule has 0 bridgehead atoms. The maximum Gasteiger partial charge on any atom is 0.337 e. The number of benzene rings is 1. The molecule has 1 saturated heterocycles. The van der Waals surface area contributed by atoms with Crippen LogP contribution in [0.15, 0.2) is 24.3 Å². The lowest BCUT2D eigenvalue weighted by molar-refractivity contribution is -0.120. The lowest BCUT2D eigenvalue weighted by Gasteiger charge is -2.46. The van der Waals surface area contributed by atoms with Gasteiger partial charge in [0.25, 0.3) is 0 Å². The first-order valence-electron chi connectivity index (χ1n) is 9.85. The van der Waals surface area contributed by atoms with Crippen molar-refractivity contribution in [1.82, 2.24) is 10.2 Å². The minimum absolute atomic E-state index is 0.0157. The van der Waals surface area contributed by atoms with E-state index in [4.69, 9.17) is 4.74 Å². The number of rotatable bonds is 6. The third-order valence-corrected chi connectivity index (χ3v) is 6.16. The van der Waals surface area contributed by atoms with Crippen molar-refractivity contribution in [2.45, 2.75) is 52.5 Å². The van der Waals surface area contributed by atoms with Gasteiger partial charge < -0.3 is 15.0 Å². The molecule has 0 aromatic heterocycles. The van der Waals surface area contributed by atoms with Crippen LogP contribution in [0, 0.1) is 11.8 Å². The van der Waals surface area contributed by atoms with Gasteiger partial charge in [-0.25, -0.2) is 4.79 Å². The molecule has 2 rings (SSSR count). The Labute approximate surface area is 163 Å². The van der Waals surface area contributed by atoms with Gasteiger partial charge in [-0.05, 0) is 47.9 Å². The Hall–Kier alpha value is -1.88. The van der Waals surface area contributed by atoms with E-state index in [1.54, 1.807) is 13.0 Å². The molecule has 5 nitrogen and oxygen atoms in total. The van der Waals surface area contributed by atoms with Gasteiger partial charge in [-0.3, -0.25) is 4.79 Å². The Balaban J connectivity index is 2.11. The molecule has 5 heteroatoms. The second-order valence-electron chi connectivity index (χ2n) is 8.45. The Morgan fingerprint density at radius 3 is 2.63 bits per heavy atom. The van der Waals surface area contributed by atoms with E-state index in [1.165, 1.54) is 12.7 Å². The molecule has 3 atom stereocenters. The Morgan fingerprint density at radius 1 is 1.37 bits per heavy atom. The minimum Gasteiger partial charge on any atom is -0.465 e. The second-order valence-corrected chi connectivity index (χ2v) is 8.45. The first-order chi connectivity index (χ1) is 12.7. The van der Waals surface area contributed by atoms with E-state index in [0.717, 1.165) is 26.1 Å². The summed E-state index contributed by atoms with van der Waals surface area (Å²) >= 11 is 0. The minimum atomic E-state index is -0.291. The van der Waals surface area contributed by atoms with Crippen molar-refractivity contribution >= 4 is 11.9 Å². The van der Waals surface area contributed by atoms with Crippen molar-refractivity contribution in [3.05, 3.63) is 35.4 Å². The van der Waals surface area contributed by atoms with Crippen LogP contribution in [0.4, 0.5) is 0 Å². The number of methoxy groups -OCH3 is 1. The van der Waals surface area contributed by atoms with Crippen molar-refractivity contribution in [1.29, 1.82) is 0 Å². The molecule has 1 heterocycles. The summed E-state index contributed by atoms with van der Waals surface area (Å²) in [5.74, 6) is 0.572. The zero-order valence-corrected chi connectivity index (χ0v) is 17.5. The summed E-state index contributed by atoms with van der Waals surface area (Å²) in [7, 11) is 1.41. The standard InChI is InChI=1S/C22H34N2O3/c1-15(2)20(23-17(4)25)14-24-11-10-22(5,16(3)13-24)19-9-7-8-18(12-19)21(26)27-6/h7-9,12,15-16,20H,10-11,13-14H2,1-6H3,(H,23,25)/t16-,20+,22+/m0/s1. The summed E-state index contributed by atoms with van der Waals surface area (Å²) in [4.78, 5) is 25.8. The van der Waals surface area contributed by atoms with Gasteiger partial charge in [0.05, 0.1) is 12.7 Å². The van der Waals surface area contributed by atoms with Crippen LogP contribution in [0.5, 0.6) is 0 Å². The van der Waals surface area contributed by atoms with E-state index in [1.807, 2.05) is 12.1 Å². The molecule has 1 amide bonds. The van der Waals surface area contributed by atoms with Gasteiger partial charge in [0.1, 0.15) is 0 Å². The predicted octanol–water partition coefficient (Wildman–Crippen LogP) is 3.23. The molecule has 150 valence electrons. The maximum absolute atomic E-state index is 11.9. The number of ether oxygens (including phenoxy) is 1. The van der Waals surface area contributed by atoms with Crippen molar-refractivity contribution in [3.8, 4) is 0 Å². The highest BCUT2D eigenvalue weighted by molar-refractivity contribution is 5.89. The molecule has 0 aliphatic carbocycles. The lowest BCUT2D eigenvalue weighted by Crippen LogP contribution is -2.52. The molecule has 1 N–H and O–H groups in total. The monoisotopic (exact) mass is 374 g/mol. The highest BCUT2D eigenvalue weighted by atomic mass is 16.5. The molecule has 0 unspecified atom stereocenters. The highest BCUT2D eigenvalue weighted by Gasteiger charge is 2.38. The van der Waals surface area contributed by atoms with Crippen molar-refractivity contribution in [3.63, 3.8) is 0 Å². The van der Waals surface area contributed by atoms with Gasteiger partial charge in [0, 0.05) is 26.1 Å². The molecule has 1 aromatic rings. The number of esters is 1. The number of nitrogens with one attached hydrogen (secondary N) is 1. The zero-order chi connectivity index (χ0) is 20.2. The summed E-state index contributed by atoms with van der Waals surface area (Å²) in [6.07, 6.45) is 1.02. The van der Waals surface area contributed by atoms with Crippen molar-refractivity contribution in [2.75, 3.05) is 26.7 Å². The molecule has 1 fully saturated rings. The first kappa shape index (κ1) is 21.4. The summed E-state index contributed by atoms with van der Waals surface area (Å²) < 4.78 is 4.87. The van der Waals surface area contributed by atoms with Crippen LogP contribution in [0.2, 0.25) is 0 Å². The number of carbonyl (C=O) groups excluding carboxylic acids is 2. The van der Waals surface area contributed by atoms with Gasteiger partial charge in [-0.1, -0.05) is 39.8 Å². The Morgan fingerprint density at radius 2 is 2.07 bits per heavy atom. The van der Waals surface area contributed by atoms with Crippen LogP contribution in [0.3, 0.4) is 0 Å². The number of amides is 1. The van der Waals surface area contributed by atoms with Crippen LogP contribution in [0.1, 0.15) is 57.0 Å². The fourth-order valence-electron chi connectivity index (χ4n) is 3.99. The van der Waals surface area contributed by atoms with Gasteiger partial charge >= 0.3 is 5.97 Å². The van der Waals surface area contributed by atoms with Crippen LogP contribution in [-0.2, 0) is 14.9 Å². The number of hydrogen-bond acceptors (Lipinski definition) is 4. The number of hydrogen-bond donors (Lipinski definition) is 1. The molecule has 0 radical (unpaired) electrons. The molecule has 27 heavy (non-hydrogen) atoms. The third kappa shape index (κ3) is 5.10. The molecule has 1 aromatic carbocycles. The van der Waals surface area contributed by atoms with Crippen LogP contribution < -0.4 is 5.32 Å². The molecule has 0 saturated carbocycles. The van der Waals surface area contributed by atoms with Crippen LogP contribution >= 0.6 is 0 Å². The highest BCUT2D eigenvalue weighted by Crippen LogP contribution is 2.39. The summed E-state index contributed by atoms with van der Waals surface area (Å²) in [5.41, 5.74) is 1.82. The largest absolute Gasteiger partial charge is 0.465 e. The van der Waals surface area contributed by atoms with Gasteiger partial charge in [0.2, 0.25) is 5.91 Å². The Bertz CT molecular complexity index is 673. The van der Waals surface area contributed by atoms with Crippen molar-refractivity contribution < 1.29 is 14.3 Å². The van der Waals surface area contributed by atoms with Crippen LogP contribution in [-0.4, -0.2) is 49.6 Å². The van der Waals surface area contributed by atoms with Gasteiger partial charge in [0.15, 0.2) is 0 Å². The smallest absolute Gasteiger partial charge is 0.337 e. The van der Waals surface area contributed by atoms with Gasteiger partial charge in [-0.2, -0.15) is 0 Å². The van der Waals surface area contributed by atoms with E-state index < -0.39 is 0 Å². The van der Waals surface area contributed by atoms with Crippen LogP contribution in [0.25, 0.3) is 0 Å². The normalized spacial score (nSPS) is 24.5. The summed E-state index contributed by atoms with van der Waals surface area (Å²) in [6, 6.07) is 8.01. The molecular weight excluding hydrogens is 340 g/mol. The molecule has 1 aliphatic heterocycles. The van der Waals surface area contributed by atoms with E-state index >= 15 is 0 Å². The third-order valence-electron chi connectivity index (χ3n) is 6.16. The molecule has 1 aliphatic rings. The maximum atomic E-state index is 11.9. The second kappa shape index (κ2) is 8.87. The number of likely N-dealkylation sites (tertiary alicyclic amines) is 1. The van der Waals surface area contributed by atoms with E-state index in [-0.39, 0.29) is 23.3 Å². The summed E-state index contributed by atoms with van der Waals surface area (Å²) in [6.45, 7) is 13.3.